The Morgan fingerprint density at radius 2 is 1.62 bits per heavy atom. The van der Waals surface area contributed by atoms with Crippen molar-refractivity contribution in [1.82, 2.24) is 0 Å². The summed E-state index contributed by atoms with van der Waals surface area (Å²) in [5.41, 5.74) is 0.514. The van der Waals surface area contributed by atoms with Gasteiger partial charge in [-0.2, -0.15) is 0 Å². The number of hydrogen-bond donors (Lipinski definition) is 0. The Bertz CT molecular complexity index is 97.1. The average Bonchev–Trinajstić information content (AvgIpc) is 2.01. The lowest BCUT2D eigenvalue weighted by molar-refractivity contribution is 0.374. The smallest absolute Gasteiger partial charge is 0.0383 e. The Morgan fingerprint density at radius 1 is 0.923 bits per heavy atom. The summed E-state index contributed by atoms with van der Waals surface area (Å²) < 4.78 is 0. The van der Waals surface area contributed by atoms with Gasteiger partial charge in [-0.25, -0.2) is 0 Å². The van der Waals surface area contributed by atoms with Crippen LogP contribution in [0.1, 0.15) is 72.6 Å². The summed E-state index contributed by atoms with van der Waals surface area (Å²) in [4.78, 5) is 0. The lowest BCUT2D eigenvalue weighted by atomic mass is 9.89. The van der Waals surface area contributed by atoms with Gasteiger partial charge in [-0.05, 0) is 24.7 Å². The minimum atomic E-state index is 0.514. The second-order valence-electron chi connectivity index (χ2n) is 5.24. The summed E-state index contributed by atoms with van der Waals surface area (Å²) in [5, 5.41) is 0. The summed E-state index contributed by atoms with van der Waals surface area (Å²) in [7, 11) is 0. The average molecular weight is 183 g/mol. The van der Waals surface area contributed by atoms with Crippen molar-refractivity contribution in [1.29, 1.82) is 0 Å². The van der Waals surface area contributed by atoms with E-state index in [0.717, 1.165) is 0 Å². The van der Waals surface area contributed by atoms with Crippen molar-refractivity contribution >= 4 is 0 Å². The van der Waals surface area contributed by atoms with E-state index < -0.39 is 0 Å². The molecule has 0 heterocycles. The molecule has 0 atom stereocenters. The molecule has 0 aromatic carbocycles. The second-order valence-corrected chi connectivity index (χ2v) is 5.24. The zero-order chi connectivity index (χ0) is 10.2. The van der Waals surface area contributed by atoms with Crippen LogP contribution in [0.5, 0.6) is 0 Å². The van der Waals surface area contributed by atoms with Crippen LogP contribution in [0.2, 0.25) is 0 Å². The van der Waals surface area contributed by atoms with Gasteiger partial charge in [0.1, 0.15) is 0 Å². The molecule has 1 radical (unpaired) electrons. The topological polar surface area (TPSA) is 0 Å². The molecular formula is C13H27. The van der Waals surface area contributed by atoms with Crippen LogP contribution in [-0.4, -0.2) is 0 Å². The van der Waals surface area contributed by atoms with E-state index in [-0.39, 0.29) is 0 Å². The van der Waals surface area contributed by atoms with E-state index in [9.17, 15) is 0 Å². The maximum atomic E-state index is 2.47. The van der Waals surface area contributed by atoms with Crippen molar-refractivity contribution in [3.63, 3.8) is 0 Å². The summed E-state index contributed by atoms with van der Waals surface area (Å²) in [6, 6.07) is 0. The van der Waals surface area contributed by atoms with Gasteiger partial charge in [0, 0.05) is 0 Å². The molecule has 0 unspecified atom stereocenters. The molecule has 0 aliphatic rings. The lowest BCUT2D eigenvalue weighted by Gasteiger charge is -2.17. The van der Waals surface area contributed by atoms with Gasteiger partial charge < -0.3 is 0 Å². The fourth-order valence-electron chi connectivity index (χ4n) is 1.39. The lowest BCUT2D eigenvalue weighted by Crippen LogP contribution is -2.04. The number of rotatable bonds is 7. The van der Waals surface area contributed by atoms with E-state index in [2.05, 4.69) is 34.1 Å². The molecule has 0 aliphatic carbocycles. The summed E-state index contributed by atoms with van der Waals surface area (Å²) in [6.45, 7) is 9.22. The SMILES string of the molecule is CCCCCC[CH]CCC(C)(C)C. The van der Waals surface area contributed by atoms with Gasteiger partial charge in [-0.3, -0.25) is 0 Å². The van der Waals surface area contributed by atoms with E-state index in [1.54, 1.807) is 0 Å². The molecule has 0 bridgehead atoms. The Labute approximate surface area is 85.1 Å². The largest absolute Gasteiger partial charge is 0.0654 e. The van der Waals surface area contributed by atoms with Gasteiger partial charge in [0.25, 0.3) is 0 Å². The molecule has 0 amide bonds. The van der Waals surface area contributed by atoms with Crippen molar-refractivity contribution in [2.45, 2.75) is 72.6 Å². The molecule has 13 heavy (non-hydrogen) atoms. The second kappa shape index (κ2) is 7.41. The van der Waals surface area contributed by atoms with E-state index in [1.807, 2.05) is 0 Å². The van der Waals surface area contributed by atoms with Gasteiger partial charge in [0.2, 0.25) is 0 Å². The first-order chi connectivity index (χ1) is 6.06. The van der Waals surface area contributed by atoms with Gasteiger partial charge in [-0.1, -0.05) is 59.8 Å². The maximum absolute atomic E-state index is 2.47. The first-order valence-electron chi connectivity index (χ1n) is 5.88. The third-order valence-corrected chi connectivity index (χ3v) is 2.36. The highest BCUT2D eigenvalue weighted by molar-refractivity contribution is 4.70. The zero-order valence-corrected chi connectivity index (χ0v) is 10.0. The molecule has 0 aromatic heterocycles. The molecule has 0 aliphatic heterocycles. The van der Waals surface area contributed by atoms with E-state index in [0.29, 0.717) is 5.41 Å². The summed E-state index contributed by atoms with van der Waals surface area (Å²) >= 11 is 0. The first-order valence-corrected chi connectivity index (χ1v) is 5.88. The predicted octanol–water partition coefficient (Wildman–Crippen LogP) is 4.99. The molecule has 0 heteroatoms. The number of unbranched alkanes of at least 4 members (excludes halogenated alkanes) is 6. The predicted molar refractivity (Wildman–Crippen MR) is 61.7 cm³/mol. The minimum absolute atomic E-state index is 0.514. The first kappa shape index (κ1) is 13.0. The highest BCUT2D eigenvalue weighted by Gasteiger charge is 2.08. The Morgan fingerprint density at radius 3 is 2.15 bits per heavy atom. The van der Waals surface area contributed by atoms with Crippen molar-refractivity contribution in [2.24, 2.45) is 5.41 Å². The molecule has 0 nitrogen and oxygen atoms in total. The molecule has 0 fully saturated rings. The monoisotopic (exact) mass is 183 g/mol. The highest BCUT2D eigenvalue weighted by Crippen LogP contribution is 2.22. The fourth-order valence-corrected chi connectivity index (χ4v) is 1.39. The molecular weight excluding hydrogens is 156 g/mol. The van der Waals surface area contributed by atoms with Crippen LogP contribution in [0.4, 0.5) is 0 Å². The molecule has 79 valence electrons. The van der Waals surface area contributed by atoms with E-state index in [4.69, 9.17) is 0 Å². The Balaban J connectivity index is 3.00. The Kier molecular flexibility index (Phi) is 7.41. The van der Waals surface area contributed by atoms with Crippen LogP contribution < -0.4 is 0 Å². The molecule has 0 spiro atoms. The molecule has 0 N–H and O–H groups in total. The van der Waals surface area contributed by atoms with Crippen LogP contribution in [0.3, 0.4) is 0 Å². The van der Waals surface area contributed by atoms with Crippen molar-refractivity contribution in [2.75, 3.05) is 0 Å². The van der Waals surface area contributed by atoms with Crippen molar-refractivity contribution in [3.8, 4) is 0 Å². The van der Waals surface area contributed by atoms with Crippen LogP contribution in [0, 0.1) is 11.8 Å². The minimum Gasteiger partial charge on any atom is -0.0654 e. The number of hydrogen-bond acceptors (Lipinski definition) is 0. The van der Waals surface area contributed by atoms with Gasteiger partial charge in [-0.15, -0.1) is 0 Å². The Hall–Kier alpha value is 0. The zero-order valence-electron chi connectivity index (χ0n) is 10.0. The van der Waals surface area contributed by atoms with E-state index >= 15 is 0 Å². The van der Waals surface area contributed by atoms with Crippen LogP contribution in [-0.2, 0) is 0 Å². The van der Waals surface area contributed by atoms with E-state index in [1.165, 1.54) is 44.9 Å². The molecule has 0 saturated carbocycles. The van der Waals surface area contributed by atoms with Crippen molar-refractivity contribution < 1.29 is 0 Å². The standard InChI is InChI=1S/C13H27/c1-5-6-7-8-9-10-11-12-13(2,3)4/h10H,5-9,11-12H2,1-4H3. The van der Waals surface area contributed by atoms with Crippen molar-refractivity contribution in [3.05, 3.63) is 6.42 Å². The summed E-state index contributed by atoms with van der Waals surface area (Å²) in [5.74, 6) is 0. The third kappa shape index (κ3) is 12.0. The molecule has 0 aromatic rings. The molecule has 0 rings (SSSR count). The molecule has 0 saturated heterocycles. The quantitative estimate of drug-likeness (QED) is 0.488. The van der Waals surface area contributed by atoms with Gasteiger partial charge in [0.15, 0.2) is 0 Å². The fraction of sp³-hybridized carbons (Fsp3) is 0.923. The van der Waals surface area contributed by atoms with Crippen LogP contribution in [0.25, 0.3) is 0 Å². The normalized spacial score (nSPS) is 12.0. The van der Waals surface area contributed by atoms with Gasteiger partial charge in [0.05, 0.1) is 0 Å². The highest BCUT2D eigenvalue weighted by atomic mass is 14.1. The third-order valence-electron chi connectivity index (χ3n) is 2.36. The maximum Gasteiger partial charge on any atom is -0.0383 e. The van der Waals surface area contributed by atoms with Crippen LogP contribution in [0.15, 0.2) is 0 Å². The van der Waals surface area contributed by atoms with Crippen LogP contribution >= 0.6 is 0 Å². The summed E-state index contributed by atoms with van der Waals surface area (Å²) in [6.07, 6.45) is 12.0. The van der Waals surface area contributed by atoms with Gasteiger partial charge >= 0.3 is 0 Å².